The number of halogens is 3. The van der Waals surface area contributed by atoms with Crippen LogP contribution in [0.15, 0.2) is 48.5 Å². The van der Waals surface area contributed by atoms with Crippen molar-refractivity contribution in [1.82, 2.24) is 4.90 Å². The minimum Gasteiger partial charge on any atom is -0.481 e. The number of aliphatic carboxylic acids is 1. The molecule has 0 aromatic heterocycles. The molecule has 1 aliphatic heterocycles. The summed E-state index contributed by atoms with van der Waals surface area (Å²) in [5.41, 5.74) is 2.43. The molecule has 4 nitrogen and oxygen atoms in total. The molecule has 1 atom stereocenters. The molecule has 1 heterocycles. The fourth-order valence-electron chi connectivity index (χ4n) is 5.37. The number of nitrogens with zero attached hydrogens (tertiary/aromatic N) is 1. The summed E-state index contributed by atoms with van der Waals surface area (Å²) in [6.07, 6.45) is 0.199. The van der Waals surface area contributed by atoms with E-state index in [4.69, 9.17) is 0 Å². The van der Waals surface area contributed by atoms with Gasteiger partial charge in [-0.05, 0) is 66.4 Å². The number of rotatable bonds is 4. The predicted molar refractivity (Wildman–Crippen MR) is 119 cm³/mol. The number of aryl methyl sites for hydroxylation is 1. The number of alkyl halides is 3. The van der Waals surface area contributed by atoms with Gasteiger partial charge < -0.3 is 10.0 Å². The molecule has 1 saturated heterocycles. The Balaban J connectivity index is 1.48. The van der Waals surface area contributed by atoms with Crippen molar-refractivity contribution in [2.24, 2.45) is 0 Å². The second kappa shape index (κ2) is 8.69. The van der Waals surface area contributed by atoms with Crippen molar-refractivity contribution in [3.63, 3.8) is 0 Å². The zero-order valence-corrected chi connectivity index (χ0v) is 18.4. The maximum atomic E-state index is 13.2. The van der Waals surface area contributed by atoms with E-state index < -0.39 is 17.7 Å². The second-order valence-corrected chi connectivity index (χ2v) is 9.11. The molecule has 2 aliphatic rings. The lowest BCUT2D eigenvalue weighted by Gasteiger charge is -2.40. The molecule has 174 valence electrons. The average molecular weight is 457 g/mol. The van der Waals surface area contributed by atoms with Gasteiger partial charge in [-0.25, -0.2) is 0 Å². The van der Waals surface area contributed by atoms with E-state index in [0.29, 0.717) is 25.9 Å². The number of carbonyl (C=O) groups excluding carboxylic acids is 1. The summed E-state index contributed by atoms with van der Waals surface area (Å²) in [6.45, 7) is 2.98. The van der Waals surface area contributed by atoms with Crippen molar-refractivity contribution in [3.05, 3.63) is 76.4 Å². The summed E-state index contributed by atoms with van der Waals surface area (Å²) in [5, 5.41) is 9.35. The van der Waals surface area contributed by atoms with E-state index in [0.717, 1.165) is 23.6 Å². The quantitative estimate of drug-likeness (QED) is 0.613. The van der Waals surface area contributed by atoms with E-state index in [1.54, 1.807) is 4.90 Å². The van der Waals surface area contributed by atoms with Crippen LogP contribution in [0.25, 0.3) is 6.08 Å². The van der Waals surface area contributed by atoms with Crippen molar-refractivity contribution >= 4 is 18.0 Å². The molecule has 33 heavy (non-hydrogen) atoms. The van der Waals surface area contributed by atoms with Crippen LogP contribution in [0, 0.1) is 6.92 Å². The first-order valence-electron chi connectivity index (χ1n) is 11.1. The predicted octanol–water partition coefficient (Wildman–Crippen LogP) is 5.55. The van der Waals surface area contributed by atoms with Gasteiger partial charge in [0.2, 0.25) is 5.91 Å². The number of carboxylic acid groups (broad SMARTS) is 1. The topological polar surface area (TPSA) is 57.6 Å². The lowest BCUT2D eigenvalue weighted by atomic mass is 9.73. The Hall–Kier alpha value is -3.09. The first-order chi connectivity index (χ1) is 15.6. The van der Waals surface area contributed by atoms with Gasteiger partial charge in [0.05, 0.1) is 12.0 Å². The zero-order valence-electron chi connectivity index (χ0n) is 18.4. The fourth-order valence-corrected chi connectivity index (χ4v) is 5.37. The van der Waals surface area contributed by atoms with Crippen LogP contribution < -0.4 is 0 Å². The van der Waals surface area contributed by atoms with Gasteiger partial charge in [-0.15, -0.1) is 0 Å². The Morgan fingerprint density at radius 2 is 1.85 bits per heavy atom. The molecule has 1 spiro atoms. The average Bonchev–Trinajstić information content (AvgIpc) is 3.03. The molecule has 1 aliphatic carbocycles. The van der Waals surface area contributed by atoms with Crippen molar-refractivity contribution in [3.8, 4) is 0 Å². The molecule has 0 radical (unpaired) electrons. The molecule has 2 aromatic rings. The van der Waals surface area contributed by atoms with Gasteiger partial charge in [0.25, 0.3) is 0 Å². The van der Waals surface area contributed by atoms with E-state index in [-0.39, 0.29) is 29.2 Å². The Bertz CT molecular complexity index is 1100. The number of carbonyl (C=O) groups is 2. The summed E-state index contributed by atoms with van der Waals surface area (Å²) in [4.78, 5) is 25.8. The Kier molecular flexibility index (Phi) is 6.08. The number of amides is 1. The largest absolute Gasteiger partial charge is 0.481 e. The Morgan fingerprint density at radius 1 is 1.15 bits per heavy atom. The van der Waals surface area contributed by atoms with Crippen LogP contribution in [0.4, 0.5) is 13.2 Å². The monoisotopic (exact) mass is 457 g/mol. The minimum absolute atomic E-state index is 0.0384. The SMILES string of the molecule is Cc1ccc2c(c1)C1(CCN(C(=O)/C=C/c3ccccc3C(F)(F)F)CC1)CC2CC(=O)O. The second-order valence-electron chi connectivity index (χ2n) is 9.11. The number of hydrogen-bond acceptors (Lipinski definition) is 2. The third-order valence-electron chi connectivity index (χ3n) is 6.98. The van der Waals surface area contributed by atoms with Crippen molar-refractivity contribution in [2.45, 2.75) is 50.1 Å². The number of piperidine rings is 1. The highest BCUT2D eigenvalue weighted by Crippen LogP contribution is 2.53. The molecular weight excluding hydrogens is 431 g/mol. The normalized spacial score (nSPS) is 19.8. The molecule has 1 amide bonds. The van der Waals surface area contributed by atoms with Crippen LogP contribution in [0.2, 0.25) is 0 Å². The number of benzene rings is 2. The van der Waals surface area contributed by atoms with Crippen LogP contribution in [-0.4, -0.2) is 35.0 Å². The molecule has 2 aromatic carbocycles. The maximum Gasteiger partial charge on any atom is 0.416 e. The highest BCUT2D eigenvalue weighted by atomic mass is 19.4. The van der Waals surface area contributed by atoms with Gasteiger partial charge in [0, 0.05) is 19.2 Å². The minimum atomic E-state index is -4.48. The summed E-state index contributed by atoms with van der Waals surface area (Å²) >= 11 is 0. The van der Waals surface area contributed by atoms with Gasteiger partial charge in [-0.3, -0.25) is 9.59 Å². The van der Waals surface area contributed by atoms with Gasteiger partial charge in [0.1, 0.15) is 0 Å². The summed E-state index contributed by atoms with van der Waals surface area (Å²) in [5.74, 6) is -1.18. The van der Waals surface area contributed by atoms with Crippen LogP contribution in [0.1, 0.15) is 59.4 Å². The third-order valence-corrected chi connectivity index (χ3v) is 6.98. The fraction of sp³-hybridized carbons (Fsp3) is 0.385. The van der Waals surface area contributed by atoms with Gasteiger partial charge >= 0.3 is 12.1 Å². The molecular formula is C26H26F3NO3. The smallest absolute Gasteiger partial charge is 0.416 e. The molecule has 7 heteroatoms. The van der Waals surface area contributed by atoms with Gasteiger partial charge in [-0.2, -0.15) is 13.2 Å². The van der Waals surface area contributed by atoms with Crippen LogP contribution in [0.3, 0.4) is 0 Å². The van der Waals surface area contributed by atoms with E-state index in [1.807, 2.05) is 19.1 Å². The van der Waals surface area contributed by atoms with Crippen LogP contribution in [-0.2, 0) is 21.2 Å². The summed E-state index contributed by atoms with van der Waals surface area (Å²) in [6, 6.07) is 11.4. The van der Waals surface area contributed by atoms with Crippen molar-refractivity contribution in [2.75, 3.05) is 13.1 Å². The molecule has 0 saturated carbocycles. The molecule has 0 bridgehead atoms. The first-order valence-corrected chi connectivity index (χ1v) is 11.1. The van der Waals surface area contributed by atoms with Crippen molar-refractivity contribution in [1.29, 1.82) is 0 Å². The molecule has 1 unspecified atom stereocenters. The van der Waals surface area contributed by atoms with Crippen LogP contribution >= 0.6 is 0 Å². The standard InChI is InChI=1S/C26H26F3NO3/c1-17-6-8-20-19(15-24(32)33)16-25(22(20)14-17)10-12-30(13-11-25)23(31)9-7-18-4-2-3-5-21(18)26(27,28)29/h2-9,14,19H,10-13,15-16H2,1H3,(H,32,33)/b9-7+. The molecule has 1 fully saturated rings. The molecule has 1 N–H and O–H groups in total. The zero-order chi connectivity index (χ0) is 23.8. The van der Waals surface area contributed by atoms with E-state index >= 15 is 0 Å². The Labute approximate surface area is 190 Å². The maximum absolute atomic E-state index is 13.2. The molecule has 4 rings (SSSR count). The van der Waals surface area contributed by atoms with Gasteiger partial charge in [-0.1, -0.05) is 42.0 Å². The lowest BCUT2D eigenvalue weighted by Crippen LogP contribution is -2.44. The van der Waals surface area contributed by atoms with Gasteiger partial charge in [0.15, 0.2) is 0 Å². The lowest BCUT2D eigenvalue weighted by molar-refractivity contribution is -0.138. The summed E-state index contributed by atoms with van der Waals surface area (Å²) < 4.78 is 39.6. The van der Waals surface area contributed by atoms with E-state index in [9.17, 15) is 27.9 Å². The van der Waals surface area contributed by atoms with E-state index in [2.05, 4.69) is 6.07 Å². The highest BCUT2D eigenvalue weighted by molar-refractivity contribution is 5.92. The third kappa shape index (κ3) is 4.68. The number of hydrogen-bond donors (Lipinski definition) is 1. The number of carboxylic acids is 1. The first kappa shape index (κ1) is 23.1. The Morgan fingerprint density at radius 3 is 2.52 bits per heavy atom. The summed E-state index contributed by atoms with van der Waals surface area (Å²) in [7, 11) is 0. The number of likely N-dealkylation sites (tertiary alicyclic amines) is 1. The van der Waals surface area contributed by atoms with Crippen LogP contribution in [0.5, 0.6) is 0 Å². The van der Waals surface area contributed by atoms with E-state index in [1.165, 1.54) is 35.9 Å². The number of fused-ring (bicyclic) bond motifs is 2. The highest BCUT2D eigenvalue weighted by Gasteiger charge is 2.46. The van der Waals surface area contributed by atoms with Crippen molar-refractivity contribution < 1.29 is 27.9 Å².